The number of carbonyl (C=O) groups excluding carboxylic acids is 2. The Morgan fingerprint density at radius 3 is 2.69 bits per heavy atom. The topological polar surface area (TPSA) is 103 Å². The molecule has 8 nitrogen and oxygen atoms in total. The Balaban J connectivity index is 1.18. The molecule has 1 saturated heterocycles. The summed E-state index contributed by atoms with van der Waals surface area (Å²) >= 11 is 0. The molecule has 1 aliphatic heterocycles. The number of imidazole rings is 1. The van der Waals surface area contributed by atoms with E-state index in [0.717, 1.165) is 46.4 Å². The lowest BCUT2D eigenvalue weighted by atomic mass is 9.99. The Morgan fingerprint density at radius 2 is 1.91 bits per heavy atom. The molecule has 0 spiro atoms. The second kappa shape index (κ2) is 8.47. The van der Waals surface area contributed by atoms with Gasteiger partial charge in [0.2, 0.25) is 5.91 Å². The van der Waals surface area contributed by atoms with E-state index in [2.05, 4.69) is 20.3 Å². The molecule has 3 heterocycles. The summed E-state index contributed by atoms with van der Waals surface area (Å²) in [7, 11) is 1.34. The standard InChI is InChI=1S/C24H25N5O3/c1-32-24(31)21(10-15-11-25-18-7-3-2-6-17(15)18)26-22(30)14-29-12-16(13-29)23-27-19-8-4-5-9-20(19)28-23/h2-9,11,16,21,25H,10,12-14H2,1H3,(H,26,30)(H,27,28). The molecule has 4 aromatic rings. The van der Waals surface area contributed by atoms with Crippen LogP contribution in [-0.2, 0) is 20.7 Å². The summed E-state index contributed by atoms with van der Waals surface area (Å²) in [5.41, 5.74) is 3.94. The molecule has 32 heavy (non-hydrogen) atoms. The fourth-order valence-electron chi connectivity index (χ4n) is 4.34. The van der Waals surface area contributed by atoms with Crippen LogP contribution in [0.1, 0.15) is 17.3 Å². The van der Waals surface area contributed by atoms with E-state index >= 15 is 0 Å². The van der Waals surface area contributed by atoms with Gasteiger partial charge in [0.25, 0.3) is 0 Å². The van der Waals surface area contributed by atoms with Gasteiger partial charge in [-0.25, -0.2) is 9.78 Å². The number of amides is 1. The quantitative estimate of drug-likeness (QED) is 0.390. The SMILES string of the molecule is COC(=O)C(Cc1c[nH]c2ccccc12)NC(=O)CN1CC(c2nc3ccccc3[nH]2)C1. The van der Waals surface area contributed by atoms with Crippen molar-refractivity contribution >= 4 is 33.8 Å². The van der Waals surface area contributed by atoms with Crippen LogP contribution in [0.5, 0.6) is 0 Å². The molecule has 0 radical (unpaired) electrons. The molecule has 2 aromatic carbocycles. The van der Waals surface area contributed by atoms with E-state index in [9.17, 15) is 9.59 Å². The molecule has 3 N–H and O–H groups in total. The monoisotopic (exact) mass is 431 g/mol. The van der Waals surface area contributed by atoms with Gasteiger partial charge in [0.1, 0.15) is 11.9 Å². The minimum atomic E-state index is -0.737. The van der Waals surface area contributed by atoms with Gasteiger partial charge >= 0.3 is 5.97 Å². The maximum absolute atomic E-state index is 12.7. The Labute approximate surface area is 185 Å². The van der Waals surface area contributed by atoms with Gasteiger partial charge in [-0.3, -0.25) is 9.69 Å². The van der Waals surface area contributed by atoms with Gasteiger partial charge in [0.15, 0.2) is 0 Å². The zero-order chi connectivity index (χ0) is 22.1. The van der Waals surface area contributed by atoms with Crippen molar-refractivity contribution in [2.45, 2.75) is 18.4 Å². The summed E-state index contributed by atoms with van der Waals surface area (Å²) in [6.07, 6.45) is 2.24. The molecule has 1 atom stereocenters. The number of hydrogen-bond donors (Lipinski definition) is 3. The van der Waals surface area contributed by atoms with Crippen molar-refractivity contribution in [1.29, 1.82) is 0 Å². The molecule has 1 aliphatic rings. The Morgan fingerprint density at radius 1 is 1.16 bits per heavy atom. The summed E-state index contributed by atoms with van der Waals surface area (Å²) in [6.45, 7) is 1.73. The van der Waals surface area contributed by atoms with E-state index in [1.807, 2.05) is 59.6 Å². The lowest BCUT2D eigenvalue weighted by molar-refractivity contribution is -0.145. The fourth-order valence-corrected chi connectivity index (χ4v) is 4.34. The van der Waals surface area contributed by atoms with Crippen molar-refractivity contribution in [2.75, 3.05) is 26.7 Å². The molecule has 8 heteroatoms. The number of fused-ring (bicyclic) bond motifs is 2. The molecule has 1 amide bonds. The zero-order valence-corrected chi connectivity index (χ0v) is 17.8. The highest BCUT2D eigenvalue weighted by Gasteiger charge is 2.32. The van der Waals surface area contributed by atoms with Crippen LogP contribution in [0.3, 0.4) is 0 Å². The van der Waals surface area contributed by atoms with Crippen molar-refractivity contribution in [1.82, 2.24) is 25.2 Å². The second-order valence-corrected chi connectivity index (χ2v) is 8.24. The number of aromatic nitrogens is 3. The fraction of sp³-hybridized carbons (Fsp3) is 0.292. The number of nitrogens with one attached hydrogen (secondary N) is 3. The normalized spacial score (nSPS) is 15.5. The first-order valence-electron chi connectivity index (χ1n) is 10.7. The molecule has 2 aromatic heterocycles. The summed E-state index contributed by atoms with van der Waals surface area (Å²) in [4.78, 5) is 38.3. The highest BCUT2D eigenvalue weighted by Crippen LogP contribution is 2.26. The summed E-state index contributed by atoms with van der Waals surface area (Å²) < 4.78 is 4.93. The number of hydrogen-bond acceptors (Lipinski definition) is 5. The maximum Gasteiger partial charge on any atom is 0.328 e. The number of methoxy groups -OCH3 is 1. The van der Waals surface area contributed by atoms with E-state index in [1.165, 1.54) is 7.11 Å². The van der Waals surface area contributed by atoms with Crippen molar-refractivity contribution < 1.29 is 14.3 Å². The molecule has 0 aliphatic carbocycles. The molecule has 0 saturated carbocycles. The Kier molecular flexibility index (Phi) is 5.36. The average Bonchev–Trinajstić information content (AvgIpc) is 3.39. The summed E-state index contributed by atoms with van der Waals surface area (Å²) in [6, 6.07) is 15.1. The van der Waals surface area contributed by atoms with Gasteiger partial charge in [-0.15, -0.1) is 0 Å². The molecule has 164 valence electrons. The third kappa shape index (κ3) is 3.97. The van der Waals surface area contributed by atoms with E-state index < -0.39 is 12.0 Å². The van der Waals surface area contributed by atoms with Gasteiger partial charge in [-0.2, -0.15) is 0 Å². The van der Waals surface area contributed by atoms with E-state index in [1.54, 1.807) is 0 Å². The predicted octanol–water partition coefficient (Wildman–Crippen LogP) is 2.34. The number of H-pyrrole nitrogens is 2. The number of likely N-dealkylation sites (tertiary alicyclic amines) is 1. The first-order valence-corrected chi connectivity index (χ1v) is 10.7. The second-order valence-electron chi connectivity index (χ2n) is 8.24. The van der Waals surface area contributed by atoms with Crippen molar-refractivity contribution in [2.24, 2.45) is 0 Å². The van der Waals surface area contributed by atoms with Crippen LogP contribution in [0.15, 0.2) is 54.7 Å². The molecular weight excluding hydrogens is 406 g/mol. The maximum atomic E-state index is 12.7. The van der Waals surface area contributed by atoms with Gasteiger partial charge in [0.05, 0.1) is 24.7 Å². The highest BCUT2D eigenvalue weighted by atomic mass is 16.5. The van der Waals surface area contributed by atoms with Crippen LogP contribution in [0.4, 0.5) is 0 Å². The van der Waals surface area contributed by atoms with Crippen molar-refractivity contribution in [3.63, 3.8) is 0 Å². The molecular formula is C24H25N5O3. The molecule has 1 fully saturated rings. The van der Waals surface area contributed by atoms with Crippen LogP contribution in [0.2, 0.25) is 0 Å². The number of benzene rings is 2. The number of nitrogens with zero attached hydrogens (tertiary/aromatic N) is 2. The van der Waals surface area contributed by atoms with Gasteiger partial charge in [-0.1, -0.05) is 30.3 Å². The lowest BCUT2D eigenvalue weighted by Gasteiger charge is -2.37. The summed E-state index contributed by atoms with van der Waals surface area (Å²) in [5.74, 6) is 0.586. The van der Waals surface area contributed by atoms with E-state index in [-0.39, 0.29) is 18.4 Å². The number of para-hydroxylation sites is 3. The predicted molar refractivity (Wildman–Crippen MR) is 121 cm³/mol. The smallest absolute Gasteiger partial charge is 0.328 e. The number of ether oxygens (including phenoxy) is 1. The van der Waals surface area contributed by atoms with Gasteiger partial charge in [0, 0.05) is 42.5 Å². The van der Waals surface area contributed by atoms with Crippen molar-refractivity contribution in [3.8, 4) is 0 Å². The lowest BCUT2D eigenvalue weighted by Crippen LogP contribution is -2.52. The minimum Gasteiger partial charge on any atom is -0.467 e. The molecule has 1 unspecified atom stereocenters. The van der Waals surface area contributed by atoms with Crippen LogP contribution >= 0.6 is 0 Å². The first kappa shape index (κ1) is 20.3. The number of esters is 1. The Hall–Kier alpha value is -3.65. The van der Waals surface area contributed by atoms with E-state index in [4.69, 9.17) is 4.74 Å². The third-order valence-electron chi connectivity index (χ3n) is 6.04. The minimum absolute atomic E-state index is 0.191. The van der Waals surface area contributed by atoms with Crippen LogP contribution < -0.4 is 5.32 Å². The molecule has 5 rings (SSSR count). The average molecular weight is 431 g/mol. The first-order chi connectivity index (χ1) is 15.6. The largest absolute Gasteiger partial charge is 0.467 e. The number of aromatic amines is 2. The number of carbonyl (C=O) groups is 2. The van der Waals surface area contributed by atoms with Gasteiger partial charge in [-0.05, 0) is 23.8 Å². The van der Waals surface area contributed by atoms with Crippen LogP contribution in [0, 0.1) is 0 Å². The van der Waals surface area contributed by atoms with Crippen LogP contribution in [0.25, 0.3) is 21.9 Å². The summed E-state index contributed by atoms with van der Waals surface area (Å²) in [5, 5.41) is 3.89. The van der Waals surface area contributed by atoms with Crippen molar-refractivity contribution in [3.05, 3.63) is 66.1 Å². The van der Waals surface area contributed by atoms with Crippen LogP contribution in [-0.4, -0.2) is 64.5 Å². The third-order valence-corrected chi connectivity index (χ3v) is 6.04. The Bertz CT molecular complexity index is 1240. The zero-order valence-electron chi connectivity index (χ0n) is 17.8. The molecule has 0 bridgehead atoms. The van der Waals surface area contributed by atoms with Gasteiger partial charge < -0.3 is 20.0 Å². The van der Waals surface area contributed by atoms with E-state index in [0.29, 0.717) is 6.42 Å². The number of rotatable bonds is 7. The highest BCUT2D eigenvalue weighted by molar-refractivity contribution is 5.88.